The number of carbonyl (C=O) groups excluding carboxylic acids is 1. The van der Waals surface area contributed by atoms with Crippen molar-refractivity contribution in [2.24, 2.45) is 5.92 Å². The van der Waals surface area contributed by atoms with Crippen molar-refractivity contribution >= 4 is 5.78 Å². The molecular formula is C21H27N3O2. The molecule has 2 heterocycles. The van der Waals surface area contributed by atoms with E-state index in [1.807, 2.05) is 12.1 Å². The zero-order valence-electron chi connectivity index (χ0n) is 15.4. The lowest BCUT2D eigenvalue weighted by Crippen LogP contribution is -2.32. The van der Waals surface area contributed by atoms with Crippen LogP contribution in [0.25, 0.3) is 0 Å². The molecule has 1 saturated heterocycles. The summed E-state index contributed by atoms with van der Waals surface area (Å²) < 4.78 is 0. The first-order valence-corrected chi connectivity index (χ1v) is 9.45. The number of H-pyrrole nitrogens is 1. The molecule has 0 bridgehead atoms. The van der Waals surface area contributed by atoms with Crippen LogP contribution in [0.2, 0.25) is 0 Å². The van der Waals surface area contributed by atoms with E-state index < -0.39 is 0 Å². The molecule has 0 aliphatic carbocycles. The number of carbonyl (C=O) groups is 1. The highest BCUT2D eigenvalue weighted by molar-refractivity contribution is 5.83. The Morgan fingerprint density at radius 2 is 1.96 bits per heavy atom. The lowest BCUT2D eigenvalue weighted by molar-refractivity contribution is -0.122. The molecule has 26 heavy (non-hydrogen) atoms. The van der Waals surface area contributed by atoms with Crippen molar-refractivity contribution in [2.45, 2.75) is 45.6 Å². The fraction of sp³-hybridized carbons (Fsp3) is 0.476. The molecule has 5 nitrogen and oxygen atoms in total. The average molecular weight is 353 g/mol. The van der Waals surface area contributed by atoms with E-state index in [2.05, 4.69) is 33.9 Å². The Kier molecular flexibility index (Phi) is 6.34. The van der Waals surface area contributed by atoms with E-state index in [1.165, 1.54) is 5.56 Å². The molecule has 1 N–H and O–H groups in total. The van der Waals surface area contributed by atoms with Gasteiger partial charge in [0, 0.05) is 31.3 Å². The summed E-state index contributed by atoms with van der Waals surface area (Å²) in [5, 5.41) is 0. The number of benzene rings is 1. The summed E-state index contributed by atoms with van der Waals surface area (Å²) in [7, 11) is 0. The highest BCUT2D eigenvalue weighted by Gasteiger charge is 2.22. The normalized spacial score (nSPS) is 16.8. The molecular weight excluding hydrogens is 326 g/mol. The van der Waals surface area contributed by atoms with Crippen LogP contribution >= 0.6 is 0 Å². The van der Waals surface area contributed by atoms with Crippen molar-refractivity contribution in [1.82, 2.24) is 14.9 Å². The Hall–Kier alpha value is -2.27. The second kappa shape index (κ2) is 8.90. The number of nitrogens with one attached hydrogen (secondary N) is 1. The Morgan fingerprint density at radius 1 is 1.23 bits per heavy atom. The predicted molar refractivity (Wildman–Crippen MR) is 102 cm³/mol. The molecule has 2 aromatic rings. The fourth-order valence-electron chi connectivity index (χ4n) is 3.71. The summed E-state index contributed by atoms with van der Waals surface area (Å²) in [5.41, 5.74) is 2.80. The number of hydrogen-bond acceptors (Lipinski definition) is 4. The first-order valence-electron chi connectivity index (χ1n) is 9.45. The summed E-state index contributed by atoms with van der Waals surface area (Å²) in [6, 6.07) is 8.14. The van der Waals surface area contributed by atoms with Gasteiger partial charge in [-0.15, -0.1) is 0 Å². The largest absolute Gasteiger partial charge is 0.326 e. The molecule has 1 aromatic heterocycles. The number of aryl methyl sites for hydroxylation is 1. The molecule has 1 aromatic carbocycles. The van der Waals surface area contributed by atoms with Gasteiger partial charge in [0.15, 0.2) is 0 Å². The standard InChI is InChI=1S/C21H27N3O2/c1-16-6-2-3-7-18(16)14-20(25)17-8-4-12-24(13-5-9-17)15-19-21(26)23-11-10-22-19/h2-3,6-7,10-11,17H,4-5,8-9,12-15H2,1H3,(H,23,26). The second-order valence-corrected chi connectivity index (χ2v) is 7.19. The Labute approximate surface area is 154 Å². The molecule has 0 radical (unpaired) electrons. The lowest BCUT2D eigenvalue weighted by atomic mass is 9.88. The van der Waals surface area contributed by atoms with Gasteiger partial charge in [-0.2, -0.15) is 0 Å². The van der Waals surface area contributed by atoms with Crippen molar-refractivity contribution in [3.05, 3.63) is 63.8 Å². The fourth-order valence-corrected chi connectivity index (χ4v) is 3.71. The number of hydrogen-bond donors (Lipinski definition) is 1. The van der Waals surface area contributed by atoms with Gasteiger partial charge in [0.25, 0.3) is 5.56 Å². The third-order valence-corrected chi connectivity index (χ3v) is 5.29. The van der Waals surface area contributed by atoms with E-state index in [9.17, 15) is 9.59 Å². The van der Waals surface area contributed by atoms with Crippen molar-refractivity contribution in [3.63, 3.8) is 0 Å². The highest BCUT2D eigenvalue weighted by Crippen LogP contribution is 2.22. The van der Waals surface area contributed by atoms with Gasteiger partial charge in [-0.1, -0.05) is 24.3 Å². The van der Waals surface area contributed by atoms with Gasteiger partial charge in [-0.05, 0) is 56.8 Å². The molecule has 0 amide bonds. The van der Waals surface area contributed by atoms with E-state index in [0.29, 0.717) is 24.4 Å². The molecule has 3 rings (SSSR count). The maximum absolute atomic E-state index is 12.7. The molecule has 0 saturated carbocycles. The highest BCUT2D eigenvalue weighted by atomic mass is 16.1. The van der Waals surface area contributed by atoms with E-state index in [-0.39, 0.29) is 11.5 Å². The lowest BCUT2D eigenvalue weighted by Gasteiger charge is -2.27. The van der Waals surface area contributed by atoms with Crippen LogP contribution in [-0.4, -0.2) is 33.7 Å². The van der Waals surface area contributed by atoms with Crippen LogP contribution in [-0.2, 0) is 17.8 Å². The zero-order chi connectivity index (χ0) is 18.4. The third-order valence-electron chi connectivity index (χ3n) is 5.29. The topological polar surface area (TPSA) is 66.1 Å². The monoisotopic (exact) mass is 353 g/mol. The molecule has 5 heteroatoms. The summed E-state index contributed by atoms with van der Waals surface area (Å²) in [5.74, 6) is 0.531. The average Bonchev–Trinajstić information content (AvgIpc) is 2.61. The Morgan fingerprint density at radius 3 is 2.65 bits per heavy atom. The number of rotatable bonds is 5. The van der Waals surface area contributed by atoms with Gasteiger partial charge < -0.3 is 4.98 Å². The summed E-state index contributed by atoms with van der Waals surface area (Å²) >= 11 is 0. The van der Waals surface area contributed by atoms with Crippen LogP contribution in [0.4, 0.5) is 0 Å². The van der Waals surface area contributed by atoms with Gasteiger partial charge in [-0.25, -0.2) is 0 Å². The van der Waals surface area contributed by atoms with E-state index in [4.69, 9.17) is 0 Å². The van der Waals surface area contributed by atoms with Crippen LogP contribution < -0.4 is 5.56 Å². The second-order valence-electron chi connectivity index (χ2n) is 7.19. The minimum atomic E-state index is -0.110. The number of nitrogens with zero attached hydrogens (tertiary/aromatic N) is 2. The zero-order valence-corrected chi connectivity index (χ0v) is 15.4. The van der Waals surface area contributed by atoms with Crippen molar-refractivity contribution in [3.8, 4) is 0 Å². The van der Waals surface area contributed by atoms with Crippen LogP contribution in [0, 0.1) is 12.8 Å². The van der Waals surface area contributed by atoms with Gasteiger partial charge >= 0.3 is 0 Å². The molecule has 1 aliphatic rings. The number of aromatic amines is 1. The van der Waals surface area contributed by atoms with Crippen molar-refractivity contribution in [2.75, 3.05) is 13.1 Å². The summed E-state index contributed by atoms with van der Waals surface area (Å²) in [4.78, 5) is 33.7. The molecule has 1 fully saturated rings. The van der Waals surface area contributed by atoms with Gasteiger partial charge in [0.05, 0.1) is 0 Å². The maximum atomic E-state index is 12.7. The number of aromatic nitrogens is 2. The van der Waals surface area contributed by atoms with Crippen molar-refractivity contribution in [1.29, 1.82) is 0 Å². The molecule has 1 aliphatic heterocycles. The predicted octanol–water partition coefficient (Wildman–Crippen LogP) is 2.88. The van der Waals surface area contributed by atoms with Crippen LogP contribution in [0.5, 0.6) is 0 Å². The first kappa shape index (κ1) is 18.5. The third kappa shape index (κ3) is 4.88. The van der Waals surface area contributed by atoms with Gasteiger partial charge in [0.2, 0.25) is 0 Å². The minimum Gasteiger partial charge on any atom is -0.326 e. The smallest absolute Gasteiger partial charge is 0.270 e. The van der Waals surface area contributed by atoms with E-state index >= 15 is 0 Å². The van der Waals surface area contributed by atoms with Crippen LogP contribution in [0.1, 0.15) is 42.5 Å². The molecule has 0 spiro atoms. The number of likely N-dealkylation sites (tertiary alicyclic amines) is 1. The summed E-state index contributed by atoms with van der Waals surface area (Å²) in [6.07, 6.45) is 7.55. The number of ketones is 1. The quantitative estimate of drug-likeness (QED) is 0.898. The minimum absolute atomic E-state index is 0.110. The number of Topliss-reactive ketones (excluding diaryl/α,β-unsaturated/α-hetero) is 1. The Bertz CT molecular complexity index is 790. The molecule has 138 valence electrons. The van der Waals surface area contributed by atoms with E-state index in [1.54, 1.807) is 12.4 Å². The van der Waals surface area contributed by atoms with Gasteiger partial charge in [-0.3, -0.25) is 19.5 Å². The first-order chi connectivity index (χ1) is 12.6. The Balaban J connectivity index is 1.53. The maximum Gasteiger partial charge on any atom is 0.270 e. The summed E-state index contributed by atoms with van der Waals surface area (Å²) in [6.45, 7) is 4.46. The van der Waals surface area contributed by atoms with E-state index in [0.717, 1.165) is 44.3 Å². The van der Waals surface area contributed by atoms with Crippen LogP contribution in [0.3, 0.4) is 0 Å². The van der Waals surface area contributed by atoms with Crippen LogP contribution in [0.15, 0.2) is 41.5 Å². The van der Waals surface area contributed by atoms with Gasteiger partial charge in [0.1, 0.15) is 11.5 Å². The van der Waals surface area contributed by atoms with Crippen molar-refractivity contribution < 1.29 is 4.79 Å². The SMILES string of the molecule is Cc1ccccc1CC(=O)C1CCCN(Cc2ncc[nH]c2=O)CCC1. The molecule has 0 atom stereocenters. The molecule has 0 unspecified atom stereocenters.